The van der Waals surface area contributed by atoms with E-state index in [9.17, 15) is 4.79 Å². The average molecular weight is 216 g/mol. The molecule has 2 rings (SSSR count). The molecule has 0 bridgehead atoms. The second-order valence-electron chi connectivity index (χ2n) is 2.86. The Bertz CT molecular complexity index is 490. The number of nitrogens with zero attached hydrogens (tertiary/aromatic N) is 2. The summed E-state index contributed by atoms with van der Waals surface area (Å²) in [6, 6.07) is 8.98. The van der Waals surface area contributed by atoms with E-state index in [0.717, 1.165) is 0 Å². The molecule has 1 heterocycles. The molecule has 0 aliphatic heterocycles. The summed E-state index contributed by atoms with van der Waals surface area (Å²) in [5.41, 5.74) is 0.603. The number of carbonyl (C=O) groups is 1. The maximum atomic E-state index is 11.8. The second kappa shape index (κ2) is 4.14. The fourth-order valence-corrected chi connectivity index (χ4v) is 1.63. The average Bonchev–Trinajstić information content (AvgIpc) is 2.78. The summed E-state index contributed by atoms with van der Waals surface area (Å²) >= 11 is 1.17. The molecular formula is C11H8N2OS. The first-order valence-electron chi connectivity index (χ1n) is 4.37. The molecule has 0 aliphatic rings. The van der Waals surface area contributed by atoms with Crippen LogP contribution in [0.1, 0.15) is 21.2 Å². The van der Waals surface area contributed by atoms with Crippen LogP contribution in [0.3, 0.4) is 0 Å². The molecule has 2 aromatic rings. The zero-order valence-electron chi connectivity index (χ0n) is 7.88. The lowest BCUT2D eigenvalue weighted by atomic mass is 10.1. The lowest BCUT2D eigenvalue weighted by Gasteiger charge is -1.93. The summed E-state index contributed by atoms with van der Waals surface area (Å²) in [6.07, 6.45) is 1.58. The fraction of sp³-hybridized carbons (Fsp3) is 0. The van der Waals surface area contributed by atoms with Crippen LogP contribution in [0.4, 0.5) is 0 Å². The van der Waals surface area contributed by atoms with Gasteiger partial charge >= 0.3 is 0 Å². The van der Waals surface area contributed by atoms with E-state index in [1.54, 1.807) is 18.2 Å². The van der Waals surface area contributed by atoms with Crippen molar-refractivity contribution in [3.05, 3.63) is 53.3 Å². The lowest BCUT2D eigenvalue weighted by Crippen LogP contribution is -2.02. The Hall–Kier alpha value is -1.81. The van der Waals surface area contributed by atoms with Gasteiger partial charge < -0.3 is 0 Å². The van der Waals surface area contributed by atoms with E-state index in [4.69, 9.17) is 0 Å². The first-order chi connectivity index (χ1) is 7.31. The zero-order chi connectivity index (χ0) is 10.7. The first kappa shape index (κ1) is 9.73. The van der Waals surface area contributed by atoms with Crippen molar-refractivity contribution in [2.75, 3.05) is 0 Å². The summed E-state index contributed by atoms with van der Waals surface area (Å²) < 4.78 is 3.97. The van der Waals surface area contributed by atoms with Gasteiger partial charge in [-0.15, -0.1) is 0 Å². The Kier molecular flexibility index (Phi) is 2.69. The van der Waals surface area contributed by atoms with Gasteiger partial charge in [0.25, 0.3) is 0 Å². The van der Waals surface area contributed by atoms with Gasteiger partial charge in [0.15, 0.2) is 0 Å². The Balaban J connectivity index is 2.32. The third kappa shape index (κ3) is 1.99. The Morgan fingerprint density at radius 3 is 2.67 bits per heavy atom. The summed E-state index contributed by atoms with van der Waals surface area (Å²) in [5.74, 6) is 0.0843. The van der Waals surface area contributed by atoms with Crippen LogP contribution in [0.2, 0.25) is 0 Å². The zero-order valence-corrected chi connectivity index (χ0v) is 8.70. The van der Waals surface area contributed by atoms with Crippen molar-refractivity contribution in [1.82, 2.24) is 9.36 Å². The van der Waals surface area contributed by atoms with Crippen LogP contribution in [-0.4, -0.2) is 15.1 Å². The molecule has 0 atom stereocenters. The van der Waals surface area contributed by atoms with Crippen LogP contribution < -0.4 is 0 Å². The first-order valence-corrected chi connectivity index (χ1v) is 5.14. The molecule has 3 nitrogen and oxygen atoms in total. The Labute approximate surface area is 91.3 Å². The van der Waals surface area contributed by atoms with Gasteiger partial charge in [-0.3, -0.25) is 4.79 Å². The lowest BCUT2D eigenvalue weighted by molar-refractivity contribution is 0.103. The van der Waals surface area contributed by atoms with E-state index >= 15 is 0 Å². The van der Waals surface area contributed by atoms with E-state index in [1.165, 1.54) is 11.5 Å². The number of aromatic nitrogens is 2. The molecule has 0 spiro atoms. The van der Waals surface area contributed by atoms with E-state index in [1.807, 2.05) is 18.2 Å². The minimum atomic E-state index is -0.153. The van der Waals surface area contributed by atoms with Crippen molar-refractivity contribution in [2.45, 2.75) is 0 Å². The van der Waals surface area contributed by atoms with Crippen LogP contribution in [0.25, 0.3) is 6.08 Å². The molecule has 74 valence electrons. The maximum absolute atomic E-state index is 11.8. The summed E-state index contributed by atoms with van der Waals surface area (Å²) in [5, 5.41) is 0.661. The molecule has 0 fully saturated rings. The SMILES string of the molecule is C=Cc1nc(C(=O)c2ccccc2)ns1. The molecule has 0 saturated heterocycles. The number of rotatable bonds is 3. The molecule has 0 unspecified atom stereocenters. The standard InChI is InChI=1S/C11H8N2OS/c1-2-9-12-11(13-15-9)10(14)8-6-4-3-5-7-8/h2-7H,1H2. The number of carbonyl (C=O) groups excluding carboxylic acids is 1. The third-order valence-electron chi connectivity index (χ3n) is 1.86. The van der Waals surface area contributed by atoms with Gasteiger partial charge in [0.1, 0.15) is 5.01 Å². The molecule has 4 heteroatoms. The molecular weight excluding hydrogens is 208 g/mol. The number of hydrogen-bond donors (Lipinski definition) is 0. The van der Waals surface area contributed by atoms with Crippen LogP contribution in [0.15, 0.2) is 36.9 Å². The third-order valence-corrected chi connectivity index (χ3v) is 2.56. The minimum absolute atomic E-state index is 0.153. The van der Waals surface area contributed by atoms with Crippen LogP contribution in [0, 0.1) is 0 Å². The fourth-order valence-electron chi connectivity index (χ4n) is 1.13. The van der Waals surface area contributed by atoms with E-state index in [-0.39, 0.29) is 11.6 Å². The highest BCUT2D eigenvalue weighted by molar-refractivity contribution is 7.06. The highest BCUT2D eigenvalue weighted by atomic mass is 32.1. The highest BCUT2D eigenvalue weighted by Gasteiger charge is 2.13. The van der Waals surface area contributed by atoms with E-state index < -0.39 is 0 Å². The van der Waals surface area contributed by atoms with Crippen LogP contribution in [-0.2, 0) is 0 Å². The normalized spacial score (nSPS) is 9.87. The summed E-state index contributed by atoms with van der Waals surface area (Å²) in [7, 11) is 0. The van der Waals surface area contributed by atoms with Gasteiger partial charge in [0.2, 0.25) is 11.6 Å². The summed E-state index contributed by atoms with van der Waals surface area (Å²) in [4.78, 5) is 15.9. The van der Waals surface area contributed by atoms with Crippen molar-refractivity contribution in [3.63, 3.8) is 0 Å². The largest absolute Gasteiger partial charge is 0.285 e. The predicted molar refractivity (Wildman–Crippen MR) is 59.9 cm³/mol. The van der Waals surface area contributed by atoms with Crippen molar-refractivity contribution in [2.24, 2.45) is 0 Å². The molecule has 0 radical (unpaired) electrons. The van der Waals surface area contributed by atoms with Crippen molar-refractivity contribution < 1.29 is 4.79 Å². The molecule has 1 aromatic heterocycles. The van der Waals surface area contributed by atoms with Crippen molar-refractivity contribution in [1.29, 1.82) is 0 Å². The number of hydrogen-bond acceptors (Lipinski definition) is 4. The highest BCUT2D eigenvalue weighted by Crippen LogP contribution is 2.10. The van der Waals surface area contributed by atoms with Gasteiger partial charge in [-0.25, -0.2) is 4.98 Å². The monoisotopic (exact) mass is 216 g/mol. The Morgan fingerprint density at radius 2 is 2.07 bits per heavy atom. The van der Waals surface area contributed by atoms with Gasteiger partial charge in [0, 0.05) is 5.56 Å². The number of benzene rings is 1. The molecule has 15 heavy (non-hydrogen) atoms. The van der Waals surface area contributed by atoms with E-state index in [2.05, 4.69) is 15.9 Å². The second-order valence-corrected chi connectivity index (χ2v) is 3.64. The minimum Gasteiger partial charge on any atom is -0.285 e. The topological polar surface area (TPSA) is 42.9 Å². The quantitative estimate of drug-likeness (QED) is 0.740. The number of ketones is 1. The van der Waals surface area contributed by atoms with Crippen molar-refractivity contribution in [3.8, 4) is 0 Å². The van der Waals surface area contributed by atoms with Crippen LogP contribution >= 0.6 is 11.5 Å². The molecule has 0 aliphatic carbocycles. The summed E-state index contributed by atoms with van der Waals surface area (Å²) in [6.45, 7) is 3.57. The molecule has 0 saturated carbocycles. The molecule has 0 N–H and O–H groups in total. The maximum Gasteiger partial charge on any atom is 0.231 e. The van der Waals surface area contributed by atoms with Gasteiger partial charge in [-0.2, -0.15) is 4.37 Å². The van der Waals surface area contributed by atoms with Gasteiger partial charge in [0.05, 0.1) is 0 Å². The predicted octanol–water partition coefficient (Wildman–Crippen LogP) is 2.41. The van der Waals surface area contributed by atoms with Gasteiger partial charge in [-0.1, -0.05) is 36.9 Å². The smallest absolute Gasteiger partial charge is 0.231 e. The van der Waals surface area contributed by atoms with Crippen LogP contribution in [0.5, 0.6) is 0 Å². The van der Waals surface area contributed by atoms with Crippen molar-refractivity contribution >= 4 is 23.4 Å². The molecule has 1 aromatic carbocycles. The van der Waals surface area contributed by atoms with Gasteiger partial charge in [-0.05, 0) is 17.6 Å². The van der Waals surface area contributed by atoms with E-state index in [0.29, 0.717) is 10.6 Å². The Morgan fingerprint density at radius 1 is 1.33 bits per heavy atom. The molecule has 0 amide bonds.